The second kappa shape index (κ2) is 5.12. The van der Waals surface area contributed by atoms with Gasteiger partial charge in [0.1, 0.15) is 0 Å². The summed E-state index contributed by atoms with van der Waals surface area (Å²) in [6, 6.07) is 5.50. The fourth-order valence-corrected chi connectivity index (χ4v) is 3.64. The highest BCUT2D eigenvalue weighted by Gasteiger charge is 2.31. The minimum Gasteiger partial charge on any atom is -0.315 e. The Hall–Kier alpha value is -0.980. The molecule has 1 aliphatic heterocycles. The third-order valence-electron chi connectivity index (χ3n) is 2.95. The number of pyridine rings is 1. The second-order valence-electron chi connectivity index (χ2n) is 4.21. The van der Waals surface area contributed by atoms with Crippen molar-refractivity contribution in [1.82, 2.24) is 9.29 Å². The molecule has 1 aromatic heterocycles. The summed E-state index contributed by atoms with van der Waals surface area (Å²) >= 11 is 0. The van der Waals surface area contributed by atoms with Crippen molar-refractivity contribution in [3.63, 3.8) is 0 Å². The standard InChI is InChI=1S/C11H17N3O2S/c12-11-5-3-8-14(11)17(15,16)9-6-10-4-1-2-7-13-10/h1-2,4,7,11H,3,5-6,8-9,12H2. The lowest BCUT2D eigenvalue weighted by Gasteiger charge is -2.20. The minimum atomic E-state index is -3.24. The molecule has 0 aromatic carbocycles. The molecule has 1 aliphatic rings. The molecule has 1 saturated heterocycles. The second-order valence-corrected chi connectivity index (χ2v) is 6.25. The lowest BCUT2D eigenvalue weighted by atomic mass is 10.3. The number of sulfonamides is 1. The normalized spacial score (nSPS) is 21.8. The molecule has 94 valence electrons. The molecule has 2 heterocycles. The first kappa shape index (κ1) is 12.5. The van der Waals surface area contributed by atoms with Crippen LogP contribution in [-0.2, 0) is 16.4 Å². The van der Waals surface area contributed by atoms with Crippen LogP contribution in [0.5, 0.6) is 0 Å². The highest BCUT2D eigenvalue weighted by atomic mass is 32.2. The first-order valence-electron chi connectivity index (χ1n) is 5.74. The zero-order chi connectivity index (χ0) is 12.3. The van der Waals surface area contributed by atoms with Crippen molar-refractivity contribution >= 4 is 10.0 Å². The van der Waals surface area contributed by atoms with Crippen LogP contribution in [-0.4, -0.2) is 36.2 Å². The lowest BCUT2D eigenvalue weighted by Crippen LogP contribution is -2.42. The topological polar surface area (TPSA) is 76.3 Å². The number of aryl methyl sites for hydroxylation is 1. The Labute approximate surface area is 102 Å². The third kappa shape index (κ3) is 3.02. The van der Waals surface area contributed by atoms with E-state index in [1.165, 1.54) is 4.31 Å². The van der Waals surface area contributed by atoms with Gasteiger partial charge in [0.2, 0.25) is 10.0 Å². The summed E-state index contributed by atoms with van der Waals surface area (Å²) in [4.78, 5) is 4.11. The predicted octanol–water partition coefficient (Wildman–Crippen LogP) is 0.334. The van der Waals surface area contributed by atoms with E-state index in [2.05, 4.69) is 4.98 Å². The fraction of sp³-hybridized carbons (Fsp3) is 0.545. The van der Waals surface area contributed by atoms with Crippen molar-refractivity contribution < 1.29 is 8.42 Å². The molecule has 1 fully saturated rings. The molecular weight excluding hydrogens is 238 g/mol. The molecule has 6 heteroatoms. The zero-order valence-corrected chi connectivity index (χ0v) is 10.4. The highest BCUT2D eigenvalue weighted by molar-refractivity contribution is 7.89. The van der Waals surface area contributed by atoms with Crippen molar-refractivity contribution in [2.75, 3.05) is 12.3 Å². The van der Waals surface area contributed by atoms with Gasteiger partial charge in [0.05, 0.1) is 11.9 Å². The maximum Gasteiger partial charge on any atom is 0.215 e. The quantitative estimate of drug-likeness (QED) is 0.841. The Morgan fingerprint density at radius 1 is 1.47 bits per heavy atom. The van der Waals surface area contributed by atoms with E-state index in [0.717, 1.165) is 18.5 Å². The smallest absolute Gasteiger partial charge is 0.215 e. The minimum absolute atomic E-state index is 0.0811. The summed E-state index contributed by atoms with van der Waals surface area (Å²) in [6.45, 7) is 0.547. The summed E-state index contributed by atoms with van der Waals surface area (Å²) in [5, 5.41) is 0. The molecule has 1 atom stereocenters. The average molecular weight is 255 g/mol. The maximum absolute atomic E-state index is 12.0. The van der Waals surface area contributed by atoms with Crippen molar-refractivity contribution in [2.45, 2.75) is 25.4 Å². The Morgan fingerprint density at radius 3 is 2.88 bits per heavy atom. The van der Waals surface area contributed by atoms with Gasteiger partial charge in [-0.25, -0.2) is 8.42 Å². The van der Waals surface area contributed by atoms with E-state index in [1.807, 2.05) is 18.2 Å². The van der Waals surface area contributed by atoms with Gasteiger partial charge in [-0.2, -0.15) is 4.31 Å². The lowest BCUT2D eigenvalue weighted by molar-refractivity contribution is 0.396. The predicted molar refractivity (Wildman–Crippen MR) is 65.6 cm³/mol. The maximum atomic E-state index is 12.0. The molecule has 0 bridgehead atoms. The van der Waals surface area contributed by atoms with Gasteiger partial charge in [-0.3, -0.25) is 4.98 Å². The van der Waals surface area contributed by atoms with Crippen LogP contribution in [0.4, 0.5) is 0 Å². The Balaban J connectivity index is 1.98. The Morgan fingerprint density at radius 2 is 2.29 bits per heavy atom. The largest absolute Gasteiger partial charge is 0.315 e. The van der Waals surface area contributed by atoms with Gasteiger partial charge in [0, 0.05) is 24.9 Å². The van der Waals surface area contributed by atoms with Crippen LogP contribution in [0.15, 0.2) is 24.4 Å². The Bertz CT molecular complexity index is 461. The molecule has 0 saturated carbocycles. The molecular formula is C11H17N3O2S. The molecule has 5 nitrogen and oxygen atoms in total. The summed E-state index contributed by atoms with van der Waals surface area (Å²) < 4.78 is 25.5. The number of rotatable bonds is 4. The van der Waals surface area contributed by atoms with E-state index in [-0.39, 0.29) is 11.9 Å². The van der Waals surface area contributed by atoms with E-state index in [1.54, 1.807) is 6.20 Å². The average Bonchev–Trinajstić information content (AvgIpc) is 2.75. The van der Waals surface area contributed by atoms with Crippen LogP contribution < -0.4 is 5.73 Å². The van der Waals surface area contributed by atoms with Crippen LogP contribution in [0.1, 0.15) is 18.5 Å². The molecule has 2 N–H and O–H groups in total. The van der Waals surface area contributed by atoms with Crippen molar-refractivity contribution in [2.24, 2.45) is 5.73 Å². The number of aromatic nitrogens is 1. The molecule has 0 aliphatic carbocycles. The fourth-order valence-electron chi connectivity index (χ4n) is 2.01. The van der Waals surface area contributed by atoms with E-state index in [0.29, 0.717) is 13.0 Å². The number of nitrogens with zero attached hydrogens (tertiary/aromatic N) is 2. The van der Waals surface area contributed by atoms with Crippen LogP contribution in [0, 0.1) is 0 Å². The molecule has 2 rings (SSSR count). The van der Waals surface area contributed by atoms with Gasteiger partial charge in [-0.1, -0.05) is 6.07 Å². The van der Waals surface area contributed by atoms with E-state index in [9.17, 15) is 8.42 Å². The zero-order valence-electron chi connectivity index (χ0n) is 9.62. The van der Waals surface area contributed by atoms with Gasteiger partial charge in [-0.15, -0.1) is 0 Å². The molecule has 1 unspecified atom stereocenters. The monoisotopic (exact) mass is 255 g/mol. The third-order valence-corrected chi connectivity index (χ3v) is 4.84. The van der Waals surface area contributed by atoms with Crippen molar-refractivity contribution in [3.8, 4) is 0 Å². The van der Waals surface area contributed by atoms with Crippen LogP contribution in [0.3, 0.4) is 0 Å². The first-order valence-corrected chi connectivity index (χ1v) is 7.35. The molecule has 0 amide bonds. The number of hydrogen-bond acceptors (Lipinski definition) is 4. The van der Waals surface area contributed by atoms with E-state index >= 15 is 0 Å². The summed E-state index contributed by atoms with van der Waals surface area (Å²) in [5.41, 5.74) is 6.56. The van der Waals surface area contributed by atoms with Gasteiger partial charge >= 0.3 is 0 Å². The summed E-state index contributed by atoms with van der Waals surface area (Å²) in [7, 11) is -3.24. The van der Waals surface area contributed by atoms with Gasteiger partial charge in [0.15, 0.2) is 0 Å². The van der Waals surface area contributed by atoms with E-state index < -0.39 is 10.0 Å². The SMILES string of the molecule is NC1CCCN1S(=O)(=O)CCc1ccccn1. The van der Waals surface area contributed by atoms with Crippen LogP contribution in [0.25, 0.3) is 0 Å². The van der Waals surface area contributed by atoms with E-state index in [4.69, 9.17) is 5.73 Å². The van der Waals surface area contributed by atoms with Crippen LogP contribution >= 0.6 is 0 Å². The molecule has 0 radical (unpaired) electrons. The van der Waals surface area contributed by atoms with Crippen LogP contribution in [0.2, 0.25) is 0 Å². The Kier molecular flexibility index (Phi) is 3.76. The summed E-state index contributed by atoms with van der Waals surface area (Å²) in [5.74, 6) is 0.0811. The van der Waals surface area contributed by atoms with Crippen molar-refractivity contribution in [1.29, 1.82) is 0 Å². The van der Waals surface area contributed by atoms with Crippen molar-refractivity contribution in [3.05, 3.63) is 30.1 Å². The first-order chi connectivity index (χ1) is 8.09. The highest BCUT2D eigenvalue weighted by Crippen LogP contribution is 2.18. The molecule has 17 heavy (non-hydrogen) atoms. The number of hydrogen-bond donors (Lipinski definition) is 1. The molecule has 0 spiro atoms. The van der Waals surface area contributed by atoms with Gasteiger partial charge in [-0.05, 0) is 25.0 Å². The van der Waals surface area contributed by atoms with Gasteiger partial charge in [0.25, 0.3) is 0 Å². The molecule has 1 aromatic rings. The number of nitrogens with two attached hydrogens (primary N) is 1. The van der Waals surface area contributed by atoms with Gasteiger partial charge < -0.3 is 5.73 Å². The summed E-state index contributed by atoms with van der Waals surface area (Å²) in [6.07, 6.45) is 3.37.